The molecule has 0 heterocycles. The van der Waals surface area contributed by atoms with Crippen LogP contribution in [0.2, 0.25) is 0 Å². The maximum absolute atomic E-state index is 5.91. The lowest BCUT2D eigenvalue weighted by atomic mass is 9.97. The molecule has 0 bridgehead atoms. The summed E-state index contributed by atoms with van der Waals surface area (Å²) in [5, 5.41) is 0. The molecule has 0 rings (SSSR count). The van der Waals surface area contributed by atoms with E-state index in [1.54, 1.807) is 7.11 Å². The molecule has 0 fully saturated rings. The van der Waals surface area contributed by atoms with E-state index in [-0.39, 0.29) is 12.1 Å². The summed E-state index contributed by atoms with van der Waals surface area (Å²) in [6.45, 7) is 6.43. The third-order valence-corrected chi connectivity index (χ3v) is 1.97. The summed E-state index contributed by atoms with van der Waals surface area (Å²) < 4.78 is 5.30. The van der Waals surface area contributed by atoms with E-state index in [0.29, 0.717) is 5.92 Å². The van der Waals surface area contributed by atoms with Crippen LogP contribution in [0, 0.1) is 5.92 Å². The number of methoxy groups -OCH3 is 1. The minimum absolute atomic E-state index is 0.199. The molecule has 2 heteroatoms. The molecule has 0 amide bonds. The third kappa shape index (κ3) is 3.73. The molecule has 11 heavy (non-hydrogen) atoms. The largest absolute Gasteiger partial charge is 0.380 e. The van der Waals surface area contributed by atoms with Gasteiger partial charge >= 0.3 is 0 Å². The lowest BCUT2D eigenvalue weighted by Gasteiger charge is -2.25. The van der Waals surface area contributed by atoms with Gasteiger partial charge in [0.1, 0.15) is 0 Å². The molecule has 0 aliphatic heterocycles. The maximum Gasteiger partial charge on any atom is 0.0744 e. The van der Waals surface area contributed by atoms with E-state index in [1.807, 2.05) is 0 Å². The van der Waals surface area contributed by atoms with Gasteiger partial charge in [-0.1, -0.05) is 27.2 Å². The molecular formula is C9H21NO. The predicted octanol–water partition coefficient (Wildman–Crippen LogP) is 1.78. The van der Waals surface area contributed by atoms with Crippen LogP contribution in [0.1, 0.15) is 33.6 Å². The van der Waals surface area contributed by atoms with Gasteiger partial charge in [-0.05, 0) is 12.3 Å². The van der Waals surface area contributed by atoms with Gasteiger partial charge in [-0.2, -0.15) is 0 Å². The zero-order valence-electron chi connectivity index (χ0n) is 8.13. The molecule has 0 saturated carbocycles. The molecule has 68 valence electrons. The van der Waals surface area contributed by atoms with E-state index in [2.05, 4.69) is 20.8 Å². The predicted molar refractivity (Wildman–Crippen MR) is 48.5 cm³/mol. The summed E-state index contributed by atoms with van der Waals surface area (Å²) in [6.07, 6.45) is 2.40. The van der Waals surface area contributed by atoms with Gasteiger partial charge in [0.2, 0.25) is 0 Å². The van der Waals surface area contributed by atoms with Crippen LogP contribution < -0.4 is 5.73 Å². The Morgan fingerprint density at radius 1 is 1.36 bits per heavy atom. The molecule has 2 nitrogen and oxygen atoms in total. The van der Waals surface area contributed by atoms with Gasteiger partial charge in [0.15, 0.2) is 0 Å². The summed E-state index contributed by atoms with van der Waals surface area (Å²) in [7, 11) is 1.74. The average Bonchev–Trinajstić information content (AvgIpc) is 1.88. The molecule has 2 N–H and O–H groups in total. The Morgan fingerprint density at radius 2 is 1.91 bits per heavy atom. The molecule has 0 radical (unpaired) electrons. The van der Waals surface area contributed by atoms with E-state index >= 15 is 0 Å². The van der Waals surface area contributed by atoms with Gasteiger partial charge in [-0.15, -0.1) is 0 Å². The standard InChI is InChI=1S/C9H21NO/c1-5-6-8(10)9(11-4)7(2)3/h7-9H,5-6,10H2,1-4H3. The summed E-state index contributed by atoms with van der Waals surface area (Å²) in [5.74, 6) is 0.515. The van der Waals surface area contributed by atoms with Gasteiger partial charge in [-0.3, -0.25) is 0 Å². The summed E-state index contributed by atoms with van der Waals surface area (Å²) >= 11 is 0. The first-order valence-electron chi connectivity index (χ1n) is 4.41. The first-order chi connectivity index (χ1) is 5.13. The lowest BCUT2D eigenvalue weighted by Crippen LogP contribution is -2.39. The molecule has 2 atom stereocenters. The Labute approximate surface area is 70.1 Å². The van der Waals surface area contributed by atoms with Gasteiger partial charge < -0.3 is 10.5 Å². The molecule has 0 aromatic carbocycles. The topological polar surface area (TPSA) is 35.2 Å². The van der Waals surface area contributed by atoms with Gasteiger partial charge in [0.25, 0.3) is 0 Å². The first-order valence-corrected chi connectivity index (χ1v) is 4.41. The summed E-state index contributed by atoms with van der Waals surface area (Å²) in [5.41, 5.74) is 5.91. The highest BCUT2D eigenvalue weighted by Crippen LogP contribution is 2.12. The molecule has 0 saturated heterocycles. The highest BCUT2D eigenvalue weighted by molar-refractivity contribution is 4.75. The van der Waals surface area contributed by atoms with Crippen molar-refractivity contribution in [1.82, 2.24) is 0 Å². The van der Waals surface area contributed by atoms with E-state index < -0.39 is 0 Å². The monoisotopic (exact) mass is 159 g/mol. The van der Waals surface area contributed by atoms with Crippen LogP contribution in [0.3, 0.4) is 0 Å². The third-order valence-electron chi connectivity index (χ3n) is 1.97. The molecule has 2 unspecified atom stereocenters. The number of hydrogen-bond donors (Lipinski definition) is 1. The normalized spacial score (nSPS) is 16.9. The number of ether oxygens (including phenoxy) is 1. The second kappa shape index (κ2) is 5.56. The van der Waals surface area contributed by atoms with Crippen LogP contribution in [-0.4, -0.2) is 19.3 Å². The van der Waals surface area contributed by atoms with Gasteiger partial charge in [0.05, 0.1) is 6.10 Å². The van der Waals surface area contributed by atoms with Crippen molar-refractivity contribution >= 4 is 0 Å². The lowest BCUT2D eigenvalue weighted by molar-refractivity contribution is 0.0417. The second-order valence-electron chi connectivity index (χ2n) is 3.40. The van der Waals surface area contributed by atoms with E-state index in [0.717, 1.165) is 12.8 Å². The highest BCUT2D eigenvalue weighted by atomic mass is 16.5. The summed E-state index contributed by atoms with van der Waals surface area (Å²) in [6, 6.07) is 0.199. The molecule has 0 spiro atoms. The van der Waals surface area contributed by atoms with Crippen molar-refractivity contribution in [3.63, 3.8) is 0 Å². The fraction of sp³-hybridized carbons (Fsp3) is 1.00. The van der Waals surface area contributed by atoms with Crippen molar-refractivity contribution in [1.29, 1.82) is 0 Å². The van der Waals surface area contributed by atoms with Crippen LogP contribution in [0.4, 0.5) is 0 Å². The van der Waals surface area contributed by atoms with Crippen molar-refractivity contribution in [3.8, 4) is 0 Å². The quantitative estimate of drug-likeness (QED) is 0.663. The first kappa shape index (κ1) is 10.9. The van der Waals surface area contributed by atoms with Crippen molar-refractivity contribution in [3.05, 3.63) is 0 Å². The zero-order valence-corrected chi connectivity index (χ0v) is 8.13. The van der Waals surface area contributed by atoms with E-state index in [9.17, 15) is 0 Å². The molecule has 0 aromatic rings. The average molecular weight is 159 g/mol. The van der Waals surface area contributed by atoms with Crippen LogP contribution >= 0.6 is 0 Å². The Kier molecular flexibility index (Phi) is 5.51. The zero-order chi connectivity index (χ0) is 8.85. The van der Waals surface area contributed by atoms with Crippen molar-refractivity contribution in [2.75, 3.05) is 7.11 Å². The fourth-order valence-corrected chi connectivity index (χ4v) is 1.44. The number of hydrogen-bond acceptors (Lipinski definition) is 2. The minimum Gasteiger partial charge on any atom is -0.380 e. The maximum atomic E-state index is 5.91. The summed E-state index contributed by atoms with van der Waals surface area (Å²) in [4.78, 5) is 0. The van der Waals surface area contributed by atoms with Crippen LogP contribution in [0.15, 0.2) is 0 Å². The Morgan fingerprint density at radius 3 is 2.18 bits per heavy atom. The molecular weight excluding hydrogens is 138 g/mol. The second-order valence-corrected chi connectivity index (χ2v) is 3.40. The van der Waals surface area contributed by atoms with E-state index in [4.69, 9.17) is 10.5 Å². The fourth-order valence-electron chi connectivity index (χ4n) is 1.44. The molecule has 0 aliphatic rings. The number of rotatable bonds is 5. The Bertz CT molecular complexity index is 93.6. The molecule has 0 aliphatic carbocycles. The van der Waals surface area contributed by atoms with Crippen molar-refractivity contribution in [2.45, 2.75) is 45.8 Å². The van der Waals surface area contributed by atoms with Crippen LogP contribution in [-0.2, 0) is 4.74 Å². The number of nitrogens with two attached hydrogens (primary N) is 1. The van der Waals surface area contributed by atoms with Crippen LogP contribution in [0.5, 0.6) is 0 Å². The van der Waals surface area contributed by atoms with Gasteiger partial charge in [-0.25, -0.2) is 0 Å². The van der Waals surface area contributed by atoms with Crippen LogP contribution in [0.25, 0.3) is 0 Å². The highest BCUT2D eigenvalue weighted by Gasteiger charge is 2.19. The Hall–Kier alpha value is -0.0800. The van der Waals surface area contributed by atoms with Crippen molar-refractivity contribution < 1.29 is 4.74 Å². The van der Waals surface area contributed by atoms with Gasteiger partial charge in [0, 0.05) is 13.2 Å². The van der Waals surface area contributed by atoms with E-state index in [1.165, 1.54) is 0 Å². The minimum atomic E-state index is 0.199. The SMILES string of the molecule is CCCC(N)C(OC)C(C)C. The molecule has 0 aromatic heterocycles. The Balaban J connectivity index is 3.81. The van der Waals surface area contributed by atoms with Crippen molar-refractivity contribution in [2.24, 2.45) is 11.7 Å². The smallest absolute Gasteiger partial charge is 0.0744 e.